The summed E-state index contributed by atoms with van der Waals surface area (Å²) in [4.78, 5) is 42.4. The number of thiophene rings is 1. The number of rotatable bonds is 16. The van der Waals surface area contributed by atoms with Crippen molar-refractivity contribution in [2.45, 2.75) is 110 Å². The minimum Gasteiger partial charge on any atom is -0.496 e. The van der Waals surface area contributed by atoms with Gasteiger partial charge in [0.05, 0.1) is 7.11 Å². The number of benzene rings is 4. The van der Waals surface area contributed by atoms with Crippen LogP contribution in [0.3, 0.4) is 0 Å². The number of ether oxygens (including phenoxy) is 4. The number of nitrogens with one attached hydrogen (secondary N) is 2. The fourth-order valence-corrected chi connectivity index (χ4v) is 8.53. The number of esters is 1. The number of alkyl carbamates (subject to hydrolysis) is 1. The summed E-state index contributed by atoms with van der Waals surface area (Å²) in [5, 5.41) is 6.73. The fraction of sp³-hybridized carbons (Fsp3) is 0.408. The van der Waals surface area contributed by atoms with Gasteiger partial charge in [-0.2, -0.15) is 0 Å². The molecule has 1 aliphatic heterocycles. The number of carbonyl (C=O) groups excluding carboxylic acids is 3. The second kappa shape index (κ2) is 19.8. The third-order valence-electron chi connectivity index (χ3n) is 10.1. The van der Waals surface area contributed by atoms with Gasteiger partial charge >= 0.3 is 12.1 Å². The van der Waals surface area contributed by atoms with E-state index in [9.17, 15) is 14.4 Å². The van der Waals surface area contributed by atoms with Crippen LogP contribution in [0.15, 0.2) is 91.0 Å². The van der Waals surface area contributed by atoms with Crippen molar-refractivity contribution in [3.05, 3.63) is 113 Å². The lowest BCUT2D eigenvalue weighted by Crippen LogP contribution is -2.46. The second-order valence-electron chi connectivity index (χ2n) is 17.4. The van der Waals surface area contributed by atoms with Crippen LogP contribution in [0, 0.1) is 0 Å². The highest BCUT2D eigenvalue weighted by Crippen LogP contribution is 2.41. The third kappa shape index (κ3) is 12.8. The predicted octanol–water partition coefficient (Wildman–Crippen LogP) is 11.0. The van der Waals surface area contributed by atoms with E-state index in [1.807, 2.05) is 42.5 Å². The van der Waals surface area contributed by atoms with Crippen LogP contribution in [-0.4, -0.2) is 60.3 Å². The van der Waals surface area contributed by atoms with Gasteiger partial charge in [-0.05, 0) is 151 Å². The molecule has 1 fully saturated rings. The van der Waals surface area contributed by atoms with Crippen LogP contribution in [-0.2, 0) is 45.1 Å². The zero-order valence-corrected chi connectivity index (χ0v) is 36.8. The van der Waals surface area contributed by atoms with Crippen molar-refractivity contribution in [2.75, 3.05) is 25.5 Å². The first kappa shape index (κ1) is 44.2. The molecule has 322 valence electrons. The maximum Gasteiger partial charge on any atom is 0.408 e. The molecule has 1 aromatic heterocycles. The molecule has 0 radical (unpaired) electrons. The number of likely N-dealkylation sites (tertiary alicyclic amines) is 1. The molecule has 0 bridgehead atoms. The zero-order valence-electron chi connectivity index (χ0n) is 36.0. The molecule has 2 heterocycles. The number of hydrogen-bond donors (Lipinski definition) is 2. The zero-order chi connectivity index (χ0) is 42.9. The Morgan fingerprint density at radius 2 is 1.53 bits per heavy atom. The van der Waals surface area contributed by atoms with E-state index < -0.39 is 29.3 Å². The molecular formula is C49H63N3O7S. The first-order valence-electron chi connectivity index (χ1n) is 20.9. The molecule has 1 atom stereocenters. The van der Waals surface area contributed by atoms with E-state index in [2.05, 4.69) is 64.1 Å². The Morgan fingerprint density at radius 1 is 0.817 bits per heavy atom. The number of nitrogens with zero attached hydrogens (tertiary/aromatic N) is 1. The minimum atomic E-state index is -1.06. The Bertz CT molecular complexity index is 2250. The number of aryl methyl sites for hydroxylation is 2. The summed E-state index contributed by atoms with van der Waals surface area (Å²) >= 11 is 1.74. The van der Waals surface area contributed by atoms with Crippen molar-refractivity contribution >= 4 is 45.1 Å². The van der Waals surface area contributed by atoms with E-state index in [0.717, 1.165) is 64.7 Å². The molecule has 2 amide bonds. The van der Waals surface area contributed by atoms with Crippen LogP contribution in [0.5, 0.6) is 11.5 Å². The molecule has 0 saturated carbocycles. The first-order chi connectivity index (χ1) is 28.6. The first-order valence-corrected chi connectivity index (χ1v) is 21.7. The summed E-state index contributed by atoms with van der Waals surface area (Å²) < 4.78 is 24.1. The number of hydrogen-bond acceptors (Lipinski definition) is 9. The van der Waals surface area contributed by atoms with Gasteiger partial charge in [-0.15, -0.1) is 11.3 Å². The Balaban J connectivity index is 0.00000422. The van der Waals surface area contributed by atoms with Gasteiger partial charge in [0.25, 0.3) is 0 Å². The number of methoxy groups -OCH3 is 1. The highest BCUT2D eigenvalue weighted by atomic mass is 32.1. The summed E-state index contributed by atoms with van der Waals surface area (Å²) in [6.07, 6.45) is 3.42. The Morgan fingerprint density at radius 3 is 2.22 bits per heavy atom. The van der Waals surface area contributed by atoms with E-state index >= 15 is 0 Å². The van der Waals surface area contributed by atoms with E-state index in [1.54, 1.807) is 60.0 Å². The van der Waals surface area contributed by atoms with Gasteiger partial charge in [-0.25, -0.2) is 9.59 Å². The molecule has 6 rings (SSSR count). The molecule has 10 nitrogen and oxygen atoms in total. The SMILES string of the molecule is COc1cc(CCc2c(-c3ccc(NC(=O)CC[C@H](NC(=O)OC(C)(C)C)C(=O)OC(C)(C)C)cc3)sc3cc(OCc4ccccc4)ccc23)ccc1CN1CCCC1.[HH].[HH]. The van der Waals surface area contributed by atoms with Gasteiger partial charge < -0.3 is 29.6 Å². The quantitative estimate of drug-likeness (QED) is 0.0944. The lowest BCUT2D eigenvalue weighted by molar-refractivity contribution is -0.157. The average molecular weight is 838 g/mol. The minimum absolute atomic E-state index is 0. The second-order valence-corrected chi connectivity index (χ2v) is 18.4. The summed E-state index contributed by atoms with van der Waals surface area (Å²) in [7, 11) is 1.76. The van der Waals surface area contributed by atoms with Gasteiger partial charge in [0.2, 0.25) is 5.91 Å². The molecule has 1 saturated heterocycles. The number of fused-ring (bicyclic) bond motifs is 1. The Kier molecular flexibility index (Phi) is 14.6. The van der Waals surface area contributed by atoms with Crippen LogP contribution in [0.25, 0.3) is 20.5 Å². The van der Waals surface area contributed by atoms with E-state index in [4.69, 9.17) is 18.9 Å². The highest BCUT2D eigenvalue weighted by Gasteiger charge is 2.29. The van der Waals surface area contributed by atoms with Crippen molar-refractivity contribution in [3.63, 3.8) is 0 Å². The highest BCUT2D eigenvalue weighted by molar-refractivity contribution is 7.22. The molecule has 0 unspecified atom stereocenters. The molecule has 11 heteroatoms. The van der Waals surface area contributed by atoms with E-state index in [0.29, 0.717) is 12.3 Å². The van der Waals surface area contributed by atoms with Gasteiger partial charge in [0.1, 0.15) is 35.3 Å². The van der Waals surface area contributed by atoms with Gasteiger partial charge in [-0.1, -0.05) is 54.6 Å². The van der Waals surface area contributed by atoms with Crippen molar-refractivity contribution in [1.29, 1.82) is 0 Å². The Labute approximate surface area is 361 Å². The average Bonchev–Trinajstić information content (AvgIpc) is 3.85. The van der Waals surface area contributed by atoms with Crippen LogP contribution >= 0.6 is 11.3 Å². The normalized spacial score (nSPS) is 13.8. The topological polar surface area (TPSA) is 115 Å². The predicted molar refractivity (Wildman–Crippen MR) is 244 cm³/mol. The van der Waals surface area contributed by atoms with Gasteiger partial charge in [-0.3, -0.25) is 9.69 Å². The molecule has 0 aliphatic carbocycles. The summed E-state index contributed by atoms with van der Waals surface area (Å²) in [5.41, 5.74) is 4.95. The van der Waals surface area contributed by atoms with Gasteiger partial charge in [0, 0.05) is 36.6 Å². The lowest BCUT2D eigenvalue weighted by atomic mass is 9.98. The largest absolute Gasteiger partial charge is 0.496 e. The van der Waals surface area contributed by atoms with Crippen LogP contribution < -0.4 is 20.1 Å². The standard InChI is InChI=1S/C49H59N3O7S.2H2/c1-48(2,3)58-46(54)41(51-47(55)59-49(4,5)6)25-26-44(53)50-37-20-18-35(19-21-37)45-40(23-16-33-15-17-36(42(29-33)56-7)31-52-27-11-12-28-52)39-24-22-38(30-43(39)60-45)57-32-34-13-9-8-10-14-34;;/h8-10,13-15,17-22,24,29-30,41H,11-12,16,23,25-28,31-32H2,1-7H3,(H,50,53)(H,51,55);2*1H/t41-;;/m0../s1. The number of amides is 2. The molecule has 2 N–H and O–H groups in total. The Hall–Kier alpha value is -5.39. The van der Waals surface area contributed by atoms with Crippen molar-refractivity contribution in [2.24, 2.45) is 0 Å². The molecule has 0 spiro atoms. The van der Waals surface area contributed by atoms with Gasteiger partial charge in [0.15, 0.2) is 0 Å². The molecule has 4 aromatic carbocycles. The van der Waals surface area contributed by atoms with Crippen molar-refractivity contribution in [1.82, 2.24) is 10.2 Å². The van der Waals surface area contributed by atoms with Crippen molar-refractivity contribution in [3.8, 4) is 21.9 Å². The molecule has 1 aliphatic rings. The monoisotopic (exact) mass is 837 g/mol. The lowest BCUT2D eigenvalue weighted by Gasteiger charge is -2.26. The van der Waals surface area contributed by atoms with E-state index in [1.165, 1.54) is 34.9 Å². The maximum atomic E-state index is 13.2. The summed E-state index contributed by atoms with van der Waals surface area (Å²) in [5.74, 6) is 0.826. The summed E-state index contributed by atoms with van der Waals surface area (Å²) in [6, 6.07) is 29.9. The smallest absolute Gasteiger partial charge is 0.408 e. The molecule has 5 aromatic rings. The van der Waals surface area contributed by atoms with E-state index in [-0.39, 0.29) is 21.6 Å². The maximum absolute atomic E-state index is 13.2. The summed E-state index contributed by atoms with van der Waals surface area (Å²) in [6.45, 7) is 14.1. The third-order valence-corrected chi connectivity index (χ3v) is 11.3. The van der Waals surface area contributed by atoms with Crippen LogP contribution in [0.1, 0.15) is 92.3 Å². The van der Waals surface area contributed by atoms with Crippen molar-refractivity contribution < 1.29 is 36.2 Å². The molecule has 60 heavy (non-hydrogen) atoms. The molecular weight excluding hydrogens is 775 g/mol. The van der Waals surface area contributed by atoms with Crippen LogP contribution in [0.4, 0.5) is 10.5 Å². The van der Waals surface area contributed by atoms with Crippen LogP contribution in [0.2, 0.25) is 0 Å². The number of carbonyl (C=O) groups is 3. The number of anilines is 1. The fourth-order valence-electron chi connectivity index (χ4n) is 7.24.